The molecule has 0 radical (unpaired) electrons. The zero-order valence-corrected chi connectivity index (χ0v) is 20.0. The van der Waals surface area contributed by atoms with Crippen molar-refractivity contribution in [2.45, 2.75) is 27.7 Å². The first-order valence-corrected chi connectivity index (χ1v) is 12.9. The Morgan fingerprint density at radius 3 is 0.839 bits per heavy atom. The minimum atomic E-state index is -3.53. The Labute approximate surface area is 186 Å². The second-order valence-corrected chi connectivity index (χ2v) is 12.7. The Bertz CT molecular complexity index is 1050. The first kappa shape index (κ1) is 21.5. The molecular weight excluding hydrogens is 395 g/mol. The molecule has 0 bridgehead atoms. The molecule has 0 aliphatic heterocycles. The Kier molecular flexibility index (Phi) is 5.60. The topological polar surface area (TPSA) is 9.23 Å². The van der Waals surface area contributed by atoms with Crippen molar-refractivity contribution in [2.24, 2.45) is 0 Å². The van der Waals surface area contributed by atoms with Gasteiger partial charge in [0.1, 0.15) is 0 Å². The van der Waals surface area contributed by atoms with Crippen molar-refractivity contribution >= 4 is 28.0 Å². The van der Waals surface area contributed by atoms with Crippen LogP contribution in [0.4, 0.5) is 0 Å². The average Bonchev–Trinajstić information content (AvgIpc) is 2.78. The summed E-state index contributed by atoms with van der Waals surface area (Å²) in [6.07, 6.45) is 0. The third-order valence-corrected chi connectivity index (χ3v) is 13.1. The van der Waals surface area contributed by atoms with E-state index >= 15 is 0 Å². The van der Waals surface area contributed by atoms with Crippen LogP contribution in [0.2, 0.25) is 0 Å². The third-order valence-electron chi connectivity index (χ3n) is 6.67. The van der Waals surface area contributed by atoms with Crippen LogP contribution in [-0.4, -0.2) is 7.11 Å². The van der Waals surface area contributed by atoms with Crippen molar-refractivity contribution in [1.29, 1.82) is 0 Å². The summed E-state index contributed by atoms with van der Waals surface area (Å²) >= 11 is 0. The molecule has 4 aromatic rings. The molecule has 4 rings (SSSR count). The number of benzene rings is 4. The van der Waals surface area contributed by atoms with Crippen molar-refractivity contribution in [3.8, 4) is 0 Å². The van der Waals surface area contributed by atoms with Crippen LogP contribution >= 0.6 is 6.83 Å². The zero-order valence-electron chi connectivity index (χ0n) is 19.1. The molecule has 0 aliphatic carbocycles. The molecule has 0 spiro atoms. The van der Waals surface area contributed by atoms with Gasteiger partial charge in [0.05, 0.1) is 0 Å². The summed E-state index contributed by atoms with van der Waals surface area (Å²) in [4.78, 5) is 0. The quantitative estimate of drug-likeness (QED) is 0.376. The molecular formula is C29H31OP. The van der Waals surface area contributed by atoms with Crippen LogP contribution in [0, 0.1) is 27.7 Å². The molecule has 158 valence electrons. The molecule has 0 saturated carbocycles. The maximum absolute atomic E-state index is 7.12. The van der Waals surface area contributed by atoms with Crippen molar-refractivity contribution in [2.75, 3.05) is 7.11 Å². The van der Waals surface area contributed by atoms with Crippen molar-refractivity contribution < 1.29 is 4.52 Å². The number of hydrogen-bond acceptors (Lipinski definition) is 1. The summed E-state index contributed by atoms with van der Waals surface area (Å²) in [5.74, 6) is 0. The van der Waals surface area contributed by atoms with Crippen LogP contribution in [0.25, 0.3) is 0 Å². The first-order valence-electron chi connectivity index (χ1n) is 10.8. The van der Waals surface area contributed by atoms with E-state index in [9.17, 15) is 0 Å². The summed E-state index contributed by atoms with van der Waals surface area (Å²) in [5, 5.41) is 5.09. The Balaban J connectivity index is 2.42. The van der Waals surface area contributed by atoms with Gasteiger partial charge in [0.25, 0.3) is 0 Å². The second kappa shape index (κ2) is 8.08. The standard InChI is InChI=1S/C29H31OP/c1-22-14-6-10-18-26(22)31(30-5,27-19-11-7-15-23(27)2,28-20-12-8-16-24(28)3)29-21-13-9-17-25(29)4/h6-21H,1-5H3. The van der Waals surface area contributed by atoms with E-state index in [0.717, 1.165) is 0 Å². The average molecular weight is 427 g/mol. The van der Waals surface area contributed by atoms with Gasteiger partial charge < -0.3 is 0 Å². The summed E-state index contributed by atoms with van der Waals surface area (Å²) < 4.78 is 7.12. The van der Waals surface area contributed by atoms with E-state index in [1.54, 1.807) is 0 Å². The van der Waals surface area contributed by atoms with E-state index in [-0.39, 0.29) is 0 Å². The summed E-state index contributed by atoms with van der Waals surface area (Å²) in [6, 6.07) is 35.0. The predicted octanol–water partition coefficient (Wildman–Crippen LogP) is 5.64. The van der Waals surface area contributed by atoms with E-state index in [1.165, 1.54) is 43.5 Å². The van der Waals surface area contributed by atoms with Gasteiger partial charge in [-0.2, -0.15) is 0 Å². The van der Waals surface area contributed by atoms with Gasteiger partial charge in [0, 0.05) is 0 Å². The van der Waals surface area contributed by atoms with Crippen LogP contribution in [-0.2, 0) is 4.52 Å². The van der Waals surface area contributed by atoms with Gasteiger partial charge in [-0.3, -0.25) is 0 Å². The van der Waals surface area contributed by atoms with Gasteiger partial charge in [0.2, 0.25) is 0 Å². The molecule has 0 saturated heterocycles. The number of aryl methyl sites for hydroxylation is 4. The van der Waals surface area contributed by atoms with E-state index in [1.807, 2.05) is 7.11 Å². The van der Waals surface area contributed by atoms with Gasteiger partial charge in [-0.15, -0.1) is 0 Å². The van der Waals surface area contributed by atoms with E-state index in [0.29, 0.717) is 0 Å². The fourth-order valence-electron chi connectivity index (χ4n) is 5.34. The van der Waals surface area contributed by atoms with Crippen LogP contribution in [0.3, 0.4) is 0 Å². The molecule has 0 aromatic heterocycles. The molecule has 4 aromatic carbocycles. The molecule has 31 heavy (non-hydrogen) atoms. The molecule has 1 nitrogen and oxygen atoms in total. The van der Waals surface area contributed by atoms with E-state index < -0.39 is 6.83 Å². The minimum absolute atomic E-state index is 1.25. The van der Waals surface area contributed by atoms with Crippen LogP contribution in [0.1, 0.15) is 22.3 Å². The van der Waals surface area contributed by atoms with Gasteiger partial charge in [-0.1, -0.05) is 0 Å². The zero-order chi connectivity index (χ0) is 22.1. The van der Waals surface area contributed by atoms with Crippen molar-refractivity contribution in [3.63, 3.8) is 0 Å². The molecule has 0 unspecified atom stereocenters. The van der Waals surface area contributed by atoms with Crippen LogP contribution in [0.5, 0.6) is 0 Å². The monoisotopic (exact) mass is 426 g/mol. The normalized spacial score (nSPS) is 12.9. The fourth-order valence-corrected chi connectivity index (χ4v) is 12.2. The summed E-state index contributed by atoms with van der Waals surface area (Å²) in [6.45, 7) is 5.32. The first-order chi connectivity index (χ1) is 15.0. The predicted molar refractivity (Wildman–Crippen MR) is 137 cm³/mol. The number of hydrogen-bond donors (Lipinski definition) is 0. The molecule has 2 heteroatoms. The molecule has 0 fully saturated rings. The van der Waals surface area contributed by atoms with Crippen molar-refractivity contribution in [3.05, 3.63) is 119 Å². The summed E-state index contributed by atoms with van der Waals surface area (Å²) in [7, 11) is 1.91. The fraction of sp³-hybridized carbons (Fsp3) is 0.172. The Morgan fingerprint density at radius 2 is 0.645 bits per heavy atom. The Hall–Kier alpha value is -2.73. The van der Waals surface area contributed by atoms with Gasteiger partial charge >= 0.3 is 187 Å². The van der Waals surface area contributed by atoms with Gasteiger partial charge in [-0.25, -0.2) is 0 Å². The second-order valence-electron chi connectivity index (χ2n) is 8.36. The van der Waals surface area contributed by atoms with Crippen LogP contribution < -0.4 is 21.2 Å². The molecule has 0 N–H and O–H groups in total. The Morgan fingerprint density at radius 1 is 0.419 bits per heavy atom. The van der Waals surface area contributed by atoms with E-state index in [4.69, 9.17) is 4.52 Å². The van der Waals surface area contributed by atoms with Gasteiger partial charge in [-0.05, 0) is 0 Å². The number of rotatable bonds is 5. The van der Waals surface area contributed by atoms with Gasteiger partial charge in [0.15, 0.2) is 0 Å². The molecule has 0 atom stereocenters. The molecule has 0 aliphatic rings. The third kappa shape index (κ3) is 2.92. The van der Waals surface area contributed by atoms with Crippen LogP contribution in [0.15, 0.2) is 97.1 Å². The SMILES string of the molecule is COP(c1ccccc1C)(c1ccccc1C)(c1ccccc1C)c1ccccc1C. The molecule has 0 amide bonds. The summed E-state index contributed by atoms with van der Waals surface area (Å²) in [5.41, 5.74) is 4.99. The molecule has 0 heterocycles. The maximum atomic E-state index is 7.12. The van der Waals surface area contributed by atoms with E-state index in [2.05, 4.69) is 125 Å². The van der Waals surface area contributed by atoms with Crippen molar-refractivity contribution in [1.82, 2.24) is 0 Å².